The van der Waals surface area contributed by atoms with Crippen LogP contribution in [0.4, 0.5) is 0 Å². The van der Waals surface area contributed by atoms with Gasteiger partial charge in [-0.25, -0.2) is 0 Å². The predicted molar refractivity (Wildman–Crippen MR) is 71.4 cm³/mol. The maximum atomic E-state index is 5.52. The predicted octanol–water partition coefficient (Wildman–Crippen LogP) is 3.09. The molecule has 1 aromatic rings. The van der Waals surface area contributed by atoms with Gasteiger partial charge in [0.25, 0.3) is 0 Å². The fourth-order valence-electron chi connectivity index (χ4n) is 2.63. The van der Waals surface area contributed by atoms with Gasteiger partial charge in [0.05, 0.1) is 6.54 Å². The summed E-state index contributed by atoms with van der Waals surface area (Å²) in [7, 11) is 0. The zero-order valence-electron chi connectivity index (χ0n) is 10.2. The summed E-state index contributed by atoms with van der Waals surface area (Å²) in [6.45, 7) is 2.62. The standard InChI is InChI=1S/C13H18N2OS/c1-10-4-5-11(16-10)8-14-12-15-13(9-17-12)6-2-3-7-13/h4-5H,2-3,6-9H2,1H3,(H,14,15). The molecule has 17 heavy (non-hydrogen) atoms. The van der Waals surface area contributed by atoms with Gasteiger partial charge in [-0.3, -0.25) is 4.99 Å². The third-order valence-electron chi connectivity index (χ3n) is 3.59. The van der Waals surface area contributed by atoms with E-state index >= 15 is 0 Å². The van der Waals surface area contributed by atoms with Gasteiger partial charge in [-0.1, -0.05) is 24.6 Å². The number of nitrogens with one attached hydrogen (secondary N) is 1. The number of aliphatic imine (C=N–C) groups is 1. The van der Waals surface area contributed by atoms with E-state index in [1.807, 2.05) is 30.8 Å². The quantitative estimate of drug-likeness (QED) is 0.876. The summed E-state index contributed by atoms with van der Waals surface area (Å²) in [5.74, 6) is 3.09. The fraction of sp³-hybridized carbons (Fsp3) is 0.615. The lowest BCUT2D eigenvalue weighted by atomic mass is 10.0. The first-order chi connectivity index (χ1) is 8.26. The molecule has 3 rings (SSSR count). The highest BCUT2D eigenvalue weighted by molar-refractivity contribution is 8.14. The third kappa shape index (κ3) is 2.37. The van der Waals surface area contributed by atoms with Gasteiger partial charge in [0, 0.05) is 11.3 Å². The minimum Gasteiger partial charge on any atom is -0.464 e. The summed E-state index contributed by atoms with van der Waals surface area (Å²) in [6.07, 6.45) is 5.33. The summed E-state index contributed by atoms with van der Waals surface area (Å²) in [5, 5.41) is 4.71. The number of rotatable bonds is 2. The van der Waals surface area contributed by atoms with Crippen molar-refractivity contribution in [1.29, 1.82) is 0 Å². The van der Waals surface area contributed by atoms with Gasteiger partial charge in [-0.2, -0.15) is 0 Å². The third-order valence-corrected chi connectivity index (χ3v) is 4.79. The van der Waals surface area contributed by atoms with E-state index in [9.17, 15) is 0 Å². The smallest absolute Gasteiger partial charge is 0.157 e. The van der Waals surface area contributed by atoms with E-state index < -0.39 is 0 Å². The molecule has 1 saturated heterocycles. The Labute approximate surface area is 106 Å². The van der Waals surface area contributed by atoms with Crippen molar-refractivity contribution >= 4 is 16.9 Å². The molecule has 0 amide bonds. The van der Waals surface area contributed by atoms with E-state index in [1.54, 1.807) is 0 Å². The Balaban J connectivity index is 1.62. The van der Waals surface area contributed by atoms with Crippen LogP contribution >= 0.6 is 11.8 Å². The second-order valence-corrected chi connectivity index (χ2v) is 6.00. The molecule has 1 aromatic heterocycles. The van der Waals surface area contributed by atoms with E-state index in [-0.39, 0.29) is 0 Å². The van der Waals surface area contributed by atoms with Crippen molar-refractivity contribution in [3.05, 3.63) is 23.7 Å². The molecule has 2 fully saturated rings. The number of furan rings is 1. The van der Waals surface area contributed by atoms with Crippen molar-refractivity contribution in [1.82, 2.24) is 5.32 Å². The number of thioether (sulfide) groups is 1. The maximum absolute atomic E-state index is 5.52. The summed E-state index contributed by atoms with van der Waals surface area (Å²) in [5.41, 5.74) is 0.364. The SMILES string of the molecule is Cc1ccc(CN=C2NC3(CCCC3)CS2)o1. The lowest BCUT2D eigenvalue weighted by molar-refractivity contribution is 0.451. The Morgan fingerprint density at radius 2 is 2.24 bits per heavy atom. The lowest BCUT2D eigenvalue weighted by Gasteiger charge is -2.21. The molecule has 92 valence electrons. The molecule has 0 atom stereocenters. The van der Waals surface area contributed by atoms with E-state index in [1.165, 1.54) is 31.4 Å². The minimum absolute atomic E-state index is 0.364. The van der Waals surface area contributed by atoms with E-state index in [0.29, 0.717) is 12.1 Å². The summed E-state index contributed by atoms with van der Waals surface area (Å²) >= 11 is 1.86. The Hall–Kier alpha value is -0.900. The molecular weight excluding hydrogens is 232 g/mol. The van der Waals surface area contributed by atoms with Gasteiger partial charge >= 0.3 is 0 Å². The lowest BCUT2D eigenvalue weighted by Crippen LogP contribution is -2.40. The number of nitrogens with zero attached hydrogens (tertiary/aromatic N) is 1. The molecule has 0 aromatic carbocycles. The first kappa shape index (κ1) is 11.2. The molecule has 3 nitrogen and oxygen atoms in total. The molecule has 1 aliphatic heterocycles. The topological polar surface area (TPSA) is 37.5 Å². The highest BCUT2D eigenvalue weighted by Crippen LogP contribution is 2.37. The van der Waals surface area contributed by atoms with Crippen LogP contribution in [0.5, 0.6) is 0 Å². The molecule has 2 heterocycles. The van der Waals surface area contributed by atoms with Gasteiger partial charge in [0.2, 0.25) is 0 Å². The first-order valence-corrected chi connectivity index (χ1v) is 7.25. The molecule has 1 aliphatic carbocycles. The van der Waals surface area contributed by atoms with Gasteiger partial charge in [0.15, 0.2) is 5.17 Å². The summed E-state index contributed by atoms with van der Waals surface area (Å²) < 4.78 is 5.52. The van der Waals surface area contributed by atoms with Crippen LogP contribution in [0.25, 0.3) is 0 Å². The van der Waals surface area contributed by atoms with E-state index in [2.05, 4.69) is 10.3 Å². The summed E-state index contributed by atoms with van der Waals surface area (Å²) in [4.78, 5) is 4.60. The molecule has 1 saturated carbocycles. The van der Waals surface area contributed by atoms with Crippen LogP contribution in [-0.4, -0.2) is 16.5 Å². The van der Waals surface area contributed by atoms with E-state index in [4.69, 9.17) is 4.42 Å². The average Bonchev–Trinajstić information content (AvgIpc) is 3.01. The van der Waals surface area contributed by atoms with Crippen molar-refractivity contribution in [2.45, 2.75) is 44.7 Å². The molecule has 0 unspecified atom stereocenters. The average molecular weight is 250 g/mol. The minimum atomic E-state index is 0.364. The van der Waals surface area contributed by atoms with Crippen LogP contribution < -0.4 is 5.32 Å². The Morgan fingerprint density at radius 1 is 1.41 bits per heavy atom. The first-order valence-electron chi connectivity index (χ1n) is 6.27. The molecule has 2 aliphatic rings. The number of aryl methyl sites for hydroxylation is 1. The highest BCUT2D eigenvalue weighted by atomic mass is 32.2. The van der Waals surface area contributed by atoms with Crippen LogP contribution in [0.15, 0.2) is 21.5 Å². The van der Waals surface area contributed by atoms with Crippen molar-refractivity contribution in [3.63, 3.8) is 0 Å². The van der Waals surface area contributed by atoms with Crippen molar-refractivity contribution < 1.29 is 4.42 Å². The summed E-state index contributed by atoms with van der Waals surface area (Å²) in [6, 6.07) is 3.99. The van der Waals surface area contributed by atoms with Crippen LogP contribution in [0.2, 0.25) is 0 Å². The number of hydrogen-bond donors (Lipinski definition) is 1. The molecule has 1 spiro atoms. The van der Waals surface area contributed by atoms with Gasteiger partial charge in [-0.15, -0.1) is 0 Å². The van der Waals surface area contributed by atoms with Crippen molar-refractivity contribution in [3.8, 4) is 0 Å². The van der Waals surface area contributed by atoms with Crippen molar-refractivity contribution in [2.24, 2.45) is 4.99 Å². The highest BCUT2D eigenvalue weighted by Gasteiger charge is 2.39. The number of hydrogen-bond acceptors (Lipinski definition) is 3. The fourth-order valence-corrected chi connectivity index (χ4v) is 3.85. The molecular formula is C13H18N2OS. The molecule has 0 bridgehead atoms. The van der Waals surface area contributed by atoms with E-state index in [0.717, 1.165) is 16.7 Å². The largest absolute Gasteiger partial charge is 0.464 e. The molecule has 1 N–H and O–H groups in total. The Kier molecular flexibility index (Phi) is 2.90. The maximum Gasteiger partial charge on any atom is 0.157 e. The van der Waals surface area contributed by atoms with Crippen LogP contribution in [0, 0.1) is 6.92 Å². The zero-order valence-corrected chi connectivity index (χ0v) is 11.0. The van der Waals surface area contributed by atoms with Gasteiger partial charge in [0.1, 0.15) is 11.5 Å². The molecule has 0 radical (unpaired) electrons. The van der Waals surface area contributed by atoms with Gasteiger partial charge in [-0.05, 0) is 31.9 Å². The van der Waals surface area contributed by atoms with Gasteiger partial charge < -0.3 is 9.73 Å². The Morgan fingerprint density at radius 3 is 2.94 bits per heavy atom. The molecule has 4 heteroatoms. The zero-order chi connectivity index (χ0) is 11.7. The second kappa shape index (κ2) is 4.41. The Bertz CT molecular complexity index is 432. The number of amidine groups is 1. The normalized spacial score (nSPS) is 24.6. The van der Waals surface area contributed by atoms with Crippen LogP contribution in [0.1, 0.15) is 37.2 Å². The van der Waals surface area contributed by atoms with Crippen LogP contribution in [0.3, 0.4) is 0 Å². The van der Waals surface area contributed by atoms with Crippen molar-refractivity contribution in [2.75, 3.05) is 5.75 Å². The monoisotopic (exact) mass is 250 g/mol. The second-order valence-electron chi connectivity index (χ2n) is 5.03. The van der Waals surface area contributed by atoms with Crippen LogP contribution in [-0.2, 0) is 6.54 Å².